The van der Waals surface area contributed by atoms with Gasteiger partial charge in [0.1, 0.15) is 25.3 Å². The Hall–Kier alpha value is -3.73. The molecule has 14 atom stereocenters. The van der Waals surface area contributed by atoms with Gasteiger partial charge < -0.3 is 46.2 Å². The number of quaternary nitrogens is 2. The first-order valence-corrected chi connectivity index (χ1v) is 28.7. The van der Waals surface area contributed by atoms with Crippen LogP contribution in [-0.2, 0) is 60.2 Å². The third-order valence-electron chi connectivity index (χ3n) is 19.1. The van der Waals surface area contributed by atoms with E-state index >= 15 is 0 Å². The van der Waals surface area contributed by atoms with Gasteiger partial charge >= 0.3 is 44.6 Å². The maximum atomic E-state index is 12.9. The molecule has 7 fully saturated rings. The SMILES string of the molecule is CC[C@H](C)CC(C)B1OC(C)(C)C(C)(C)O1.CC[C@H](C)C[C@@H](C)[B-]12OC(=O)C[N+]1([C@H]1CCC[C@@H]1OCc1ccccc1)C(=O)O2.CC[C@H](C)C[C@H](C)[B-]12OC(=O)C[N+]1([C@H]1CCC[C@@H]1OCc1ccccc1)C(=O)O2. The van der Waals surface area contributed by atoms with Crippen molar-refractivity contribution in [3.8, 4) is 0 Å². The lowest BCUT2D eigenvalue weighted by atomic mass is 9.50. The number of carbonyl (C=O) groups excluding carboxylic acids is 4. The summed E-state index contributed by atoms with van der Waals surface area (Å²) in [6.45, 7) is 25.2. The minimum Gasteiger partial charge on any atom is -0.599 e. The fourth-order valence-electron chi connectivity index (χ4n) is 13.6. The highest BCUT2D eigenvalue weighted by Crippen LogP contribution is 2.56. The fraction of sp³-hybridized carbons (Fsp3) is 0.719. The van der Waals surface area contributed by atoms with E-state index in [9.17, 15) is 19.2 Å². The van der Waals surface area contributed by atoms with Crippen LogP contribution in [0.15, 0.2) is 60.7 Å². The number of carbonyl (C=O) groups is 4. The molecule has 0 N–H and O–H groups in total. The molecule has 2 aromatic carbocycles. The predicted octanol–water partition coefficient (Wildman–Crippen LogP) is 12.7. The quantitative estimate of drug-likeness (QED) is 0.117. The minimum absolute atomic E-state index is 0.00414. The van der Waals surface area contributed by atoms with E-state index in [4.69, 9.17) is 37.4 Å². The van der Waals surface area contributed by atoms with Crippen LogP contribution in [-0.4, -0.2) is 102 Å². The molecule has 7 aliphatic rings. The third-order valence-corrected chi connectivity index (χ3v) is 19.1. The normalized spacial score (nSPS) is 33.6. The number of hydrogen-bond acceptors (Lipinski definition) is 12. The van der Waals surface area contributed by atoms with Crippen molar-refractivity contribution in [2.24, 2.45) is 17.8 Å². The van der Waals surface area contributed by atoms with Gasteiger partial charge in [0.15, 0.2) is 0 Å². The van der Waals surface area contributed by atoms with Crippen molar-refractivity contribution in [2.75, 3.05) is 13.1 Å². The van der Waals surface area contributed by atoms with Crippen LogP contribution in [0.25, 0.3) is 0 Å². The molecule has 2 amide bonds. The van der Waals surface area contributed by atoms with Crippen molar-refractivity contribution in [1.82, 2.24) is 0 Å². The van der Waals surface area contributed by atoms with Crippen LogP contribution >= 0.6 is 0 Å². The Balaban J connectivity index is 0.000000170. The lowest BCUT2D eigenvalue weighted by molar-refractivity contribution is -0.819. The Labute approximate surface area is 444 Å². The molecule has 14 nitrogen and oxygen atoms in total. The number of hydrogen-bond donors (Lipinski definition) is 0. The number of nitrogens with zero attached hydrogens (tertiary/aromatic N) is 2. The Morgan fingerprint density at radius 1 is 0.554 bits per heavy atom. The average Bonchev–Trinajstić information content (AvgIpc) is 4.18. The van der Waals surface area contributed by atoms with Gasteiger partial charge in [-0.3, -0.25) is 9.59 Å². The lowest BCUT2D eigenvalue weighted by Gasteiger charge is -2.62. The Morgan fingerprint density at radius 3 is 1.27 bits per heavy atom. The Bertz CT molecular complexity index is 2100. The van der Waals surface area contributed by atoms with Gasteiger partial charge in [0, 0.05) is 0 Å². The molecule has 0 bridgehead atoms. The summed E-state index contributed by atoms with van der Waals surface area (Å²) >= 11 is 0. The monoisotopic (exact) mass is 1030 g/mol. The third kappa shape index (κ3) is 11.0. The summed E-state index contributed by atoms with van der Waals surface area (Å²) in [5, 5.41) is 0. The second-order valence-electron chi connectivity index (χ2n) is 24.9. The van der Waals surface area contributed by atoms with Crippen LogP contribution in [0.3, 0.4) is 0 Å². The van der Waals surface area contributed by atoms with Gasteiger partial charge in [-0.2, -0.15) is 9.59 Å². The number of rotatable bonds is 20. The van der Waals surface area contributed by atoms with Gasteiger partial charge in [-0.15, -0.1) is 0 Å². The van der Waals surface area contributed by atoms with Crippen molar-refractivity contribution < 1.29 is 65.4 Å². The summed E-state index contributed by atoms with van der Waals surface area (Å²) in [6.07, 6.45) is 10.9. The number of benzene rings is 2. The summed E-state index contributed by atoms with van der Waals surface area (Å²) in [6, 6.07) is 20.0. The van der Waals surface area contributed by atoms with Gasteiger partial charge in [0.25, 0.3) is 0 Å². The van der Waals surface area contributed by atoms with Crippen LogP contribution in [0, 0.1) is 17.8 Å². The van der Waals surface area contributed by atoms with Crippen molar-refractivity contribution in [3.63, 3.8) is 0 Å². The first-order chi connectivity index (χ1) is 35.0. The van der Waals surface area contributed by atoms with Crippen LogP contribution in [0.1, 0.15) is 178 Å². The molecule has 0 radical (unpaired) electrons. The number of ether oxygens (including phenoxy) is 2. The molecule has 9 rings (SSSR count). The molecule has 17 heteroatoms. The maximum Gasteiger partial charge on any atom is 0.600 e. The number of amides is 2. The minimum atomic E-state index is -2.01. The van der Waals surface area contributed by atoms with Crippen molar-refractivity contribution in [2.45, 2.75) is 233 Å². The molecule has 2 saturated carbocycles. The van der Waals surface area contributed by atoms with E-state index in [0.717, 1.165) is 81.3 Å². The fourth-order valence-corrected chi connectivity index (χ4v) is 13.6. The highest BCUT2D eigenvalue weighted by atomic mass is 16.7. The molecular weight excluding hydrogens is 937 g/mol. The molecule has 0 aromatic heterocycles. The molecule has 2 aromatic rings. The second-order valence-corrected chi connectivity index (χ2v) is 24.9. The first-order valence-electron chi connectivity index (χ1n) is 28.7. The van der Waals surface area contributed by atoms with E-state index in [1.165, 1.54) is 12.8 Å². The van der Waals surface area contributed by atoms with Gasteiger partial charge in [0.05, 0.1) is 36.5 Å². The molecule has 0 spiro atoms. The van der Waals surface area contributed by atoms with E-state index in [1.807, 2.05) is 60.7 Å². The molecule has 5 saturated heterocycles. The molecule has 74 heavy (non-hydrogen) atoms. The summed E-state index contributed by atoms with van der Waals surface area (Å²) in [5.41, 5.74) is 1.84. The van der Waals surface area contributed by atoms with Crippen LogP contribution in [0.2, 0.25) is 17.5 Å². The average molecular weight is 1030 g/mol. The first kappa shape index (κ1) is 58.0. The smallest absolute Gasteiger partial charge is 0.599 e. The van der Waals surface area contributed by atoms with Gasteiger partial charge in [-0.25, -0.2) is 0 Å². The molecule has 2 aliphatic carbocycles. The lowest BCUT2D eigenvalue weighted by Crippen LogP contribution is -2.85. The summed E-state index contributed by atoms with van der Waals surface area (Å²) in [7, 11) is -0.0426. The highest BCUT2D eigenvalue weighted by molar-refractivity contribution is 6.71. The van der Waals surface area contributed by atoms with Crippen LogP contribution in [0.4, 0.5) is 9.59 Å². The topological polar surface area (TPSA) is 142 Å². The zero-order valence-electron chi connectivity index (χ0n) is 47.4. The van der Waals surface area contributed by atoms with Crippen molar-refractivity contribution in [3.05, 3.63) is 71.8 Å². The number of fused-ring (bicyclic) bond motifs is 2. The van der Waals surface area contributed by atoms with Gasteiger partial charge in [0.2, 0.25) is 0 Å². The van der Waals surface area contributed by atoms with Crippen LogP contribution < -0.4 is 0 Å². The second kappa shape index (κ2) is 23.5. The van der Waals surface area contributed by atoms with E-state index in [1.54, 1.807) is 0 Å². The van der Waals surface area contributed by atoms with Crippen molar-refractivity contribution >= 4 is 44.6 Å². The van der Waals surface area contributed by atoms with E-state index in [-0.39, 0.29) is 100 Å². The van der Waals surface area contributed by atoms with E-state index < -0.39 is 13.4 Å². The predicted molar refractivity (Wildman–Crippen MR) is 289 cm³/mol. The van der Waals surface area contributed by atoms with Crippen molar-refractivity contribution in [1.29, 1.82) is 0 Å². The molecule has 410 valence electrons. The van der Waals surface area contributed by atoms with Gasteiger partial charge in [-0.1, -0.05) is 155 Å². The molecular formula is C57H91B3N2O12. The zero-order valence-corrected chi connectivity index (χ0v) is 47.4. The molecule has 5 unspecified atom stereocenters. The Morgan fingerprint density at radius 2 is 0.919 bits per heavy atom. The van der Waals surface area contributed by atoms with E-state index in [2.05, 4.69) is 90.0 Å². The van der Waals surface area contributed by atoms with E-state index in [0.29, 0.717) is 30.9 Å². The van der Waals surface area contributed by atoms with Crippen LogP contribution in [0.5, 0.6) is 0 Å². The Kier molecular flexibility index (Phi) is 18.4. The standard InChI is InChI=1S/2C22H32BNO5.C13H27BO2/c2*1-4-16(2)13-17(3)23-24(22(26)29-23,14-21(25)28-23)19-11-8-12-20(19)27-15-18-9-6-5-7-10-18;1-8-10(2)9-11(3)14-15-12(4,5)13(6,7)16-14/h2*5-7,9-10,16-17,19-20H,4,8,11-15H2,1-3H3;10-11H,8-9H2,1-7H3/t16-,17+,19-,20-,23?,24?;16-,17-,19-,20-,23?,24?;10-,11?/m000/s1. The highest BCUT2D eigenvalue weighted by Gasteiger charge is 2.81. The van der Waals surface area contributed by atoms with Gasteiger partial charge in [-0.05, 0) is 119 Å². The molecule has 5 heterocycles. The maximum absolute atomic E-state index is 12.9. The largest absolute Gasteiger partial charge is 0.600 e. The zero-order chi connectivity index (χ0) is 53.9. The summed E-state index contributed by atoms with van der Waals surface area (Å²) in [4.78, 5) is 50.8. The molecule has 5 aliphatic heterocycles. The summed E-state index contributed by atoms with van der Waals surface area (Å²) in [5.74, 6) is 1.55. The summed E-state index contributed by atoms with van der Waals surface area (Å²) < 4.78 is 47.9.